The zero-order chi connectivity index (χ0) is 30.8. The molecule has 4 heterocycles. The van der Waals surface area contributed by atoms with Crippen LogP contribution in [0.1, 0.15) is 6.23 Å². The molecule has 2 aliphatic heterocycles. The monoisotopic (exact) mass is 638 g/mol. The minimum Gasteiger partial charge on any atom is -0.382 e. The van der Waals surface area contributed by atoms with Crippen LogP contribution in [-0.2, 0) is 32.2 Å². The molecule has 5 N–H and O–H groups in total. The molecule has 24 nitrogen and oxygen atoms in total. The van der Waals surface area contributed by atoms with Gasteiger partial charge < -0.3 is 34.6 Å². The molecule has 26 heteroatoms. The van der Waals surface area contributed by atoms with Gasteiger partial charge in [-0.3, -0.25) is 39.4 Å². The number of ether oxygens (including phenoxy) is 3. The van der Waals surface area contributed by atoms with Crippen molar-refractivity contribution in [1.82, 2.24) is 19.5 Å². The number of phosphoric acid groups is 2. The van der Waals surface area contributed by atoms with Gasteiger partial charge in [0.25, 0.3) is 5.70 Å². The van der Waals surface area contributed by atoms with Gasteiger partial charge in [0.1, 0.15) is 30.2 Å². The molecule has 226 valence electrons. The number of imidazole rings is 1. The van der Waals surface area contributed by atoms with Crippen LogP contribution in [0.25, 0.3) is 11.2 Å². The quantitative estimate of drug-likeness (QED) is 0.145. The number of anilines is 1. The van der Waals surface area contributed by atoms with Gasteiger partial charge in [-0.05, 0) is 0 Å². The van der Waals surface area contributed by atoms with Crippen molar-refractivity contribution in [2.45, 2.75) is 36.4 Å². The standard InChI is InChI=1S/C16H16N8O16P2/c17-13-10-14(19-4-18-13)21(5-20-10)15-12-11(7(37-15)3-36-42(34,35)40-41(31,32)33)38-16(39-12)8(23(27)28)1-6(22(25)26)2-9(16)24(29)30/h1-2,4-5,7-8,11-12,15H,3H2,(H,34,35)(H2,17,18,19)(H2,31,32,33)/t7-,8?,11-,12-,15-,16-/m1/s1. The first-order valence-electron chi connectivity index (χ1n) is 11.1. The number of aromatic nitrogens is 4. The smallest absolute Gasteiger partial charge is 0.382 e. The minimum atomic E-state index is -5.53. The van der Waals surface area contributed by atoms with Crippen LogP contribution in [0.3, 0.4) is 0 Å². The summed E-state index contributed by atoms with van der Waals surface area (Å²) in [5.74, 6) is -2.96. The Morgan fingerprint density at radius 3 is 2.38 bits per heavy atom. The average molecular weight is 638 g/mol. The largest absolute Gasteiger partial charge is 0.481 e. The Labute approximate surface area is 229 Å². The lowest BCUT2D eigenvalue weighted by Crippen LogP contribution is -2.53. The fourth-order valence-electron chi connectivity index (χ4n) is 4.61. The molecule has 5 rings (SSSR count). The third kappa shape index (κ3) is 5.15. The molecule has 1 spiro atoms. The van der Waals surface area contributed by atoms with Crippen molar-refractivity contribution in [3.63, 3.8) is 0 Å². The van der Waals surface area contributed by atoms with Crippen LogP contribution in [0.4, 0.5) is 5.82 Å². The summed E-state index contributed by atoms with van der Waals surface area (Å²) in [5, 5.41) is 35.4. The van der Waals surface area contributed by atoms with E-state index >= 15 is 0 Å². The molecule has 2 unspecified atom stereocenters. The van der Waals surface area contributed by atoms with E-state index in [1.165, 1.54) is 4.57 Å². The lowest BCUT2D eigenvalue weighted by molar-refractivity contribution is -0.569. The van der Waals surface area contributed by atoms with Gasteiger partial charge in [-0.2, -0.15) is 4.31 Å². The van der Waals surface area contributed by atoms with Gasteiger partial charge in [-0.1, -0.05) is 0 Å². The molecular weight excluding hydrogens is 622 g/mol. The molecule has 42 heavy (non-hydrogen) atoms. The van der Waals surface area contributed by atoms with Crippen LogP contribution in [0.15, 0.2) is 36.2 Å². The highest BCUT2D eigenvalue weighted by Gasteiger charge is 2.72. The first-order valence-corrected chi connectivity index (χ1v) is 14.1. The number of nitro groups is 3. The molecule has 2 aromatic heterocycles. The highest BCUT2D eigenvalue weighted by atomic mass is 31.3. The summed E-state index contributed by atoms with van der Waals surface area (Å²) in [7, 11) is -11.0. The summed E-state index contributed by atoms with van der Waals surface area (Å²) < 4.78 is 50.0. The maximum Gasteiger partial charge on any atom is 0.481 e. The summed E-state index contributed by atoms with van der Waals surface area (Å²) in [5.41, 5.74) is 3.67. The highest BCUT2D eigenvalue weighted by molar-refractivity contribution is 7.60. The second-order valence-electron chi connectivity index (χ2n) is 8.68. The van der Waals surface area contributed by atoms with Gasteiger partial charge in [-0.15, -0.1) is 0 Å². The highest BCUT2D eigenvalue weighted by Crippen LogP contribution is 2.58. The van der Waals surface area contributed by atoms with Crippen molar-refractivity contribution in [1.29, 1.82) is 0 Å². The fourth-order valence-corrected chi connectivity index (χ4v) is 6.21. The van der Waals surface area contributed by atoms with Crippen LogP contribution in [-0.4, -0.2) is 85.7 Å². The second-order valence-corrected chi connectivity index (χ2v) is 11.5. The van der Waals surface area contributed by atoms with Crippen molar-refractivity contribution in [3.05, 3.63) is 66.5 Å². The number of hydrogen-bond acceptors (Lipinski definition) is 17. The predicted molar refractivity (Wildman–Crippen MR) is 126 cm³/mol. The number of allylic oxidation sites excluding steroid dienone is 1. The molecule has 0 amide bonds. The van der Waals surface area contributed by atoms with Gasteiger partial charge in [0.15, 0.2) is 17.7 Å². The Hall–Kier alpha value is -3.83. The van der Waals surface area contributed by atoms with E-state index in [2.05, 4.69) is 23.8 Å². The molecule has 2 saturated heterocycles. The Kier molecular flexibility index (Phi) is 7.18. The summed E-state index contributed by atoms with van der Waals surface area (Å²) in [4.78, 5) is 71.3. The number of nitrogens with two attached hydrogens (primary N) is 1. The number of fused-ring (bicyclic) bond motifs is 2. The number of nitrogens with zero attached hydrogens (tertiary/aromatic N) is 7. The lowest BCUT2D eigenvalue weighted by Gasteiger charge is -2.30. The third-order valence-electron chi connectivity index (χ3n) is 6.17. The summed E-state index contributed by atoms with van der Waals surface area (Å²) in [6.07, 6.45) is -3.15. The van der Waals surface area contributed by atoms with E-state index in [0.29, 0.717) is 12.2 Å². The normalized spacial score (nSPS) is 30.5. The van der Waals surface area contributed by atoms with Gasteiger partial charge in [0.2, 0.25) is 0 Å². The molecule has 0 saturated carbocycles. The second kappa shape index (κ2) is 10.2. The molecule has 2 aromatic rings. The Bertz CT molecular complexity index is 1660. The van der Waals surface area contributed by atoms with Crippen LogP contribution < -0.4 is 5.73 Å². The predicted octanol–water partition coefficient (Wildman–Crippen LogP) is -1.01. The van der Waals surface area contributed by atoms with E-state index < -0.39 is 84.8 Å². The summed E-state index contributed by atoms with van der Waals surface area (Å²) >= 11 is 0. The van der Waals surface area contributed by atoms with E-state index in [0.717, 1.165) is 12.7 Å². The molecule has 1 aliphatic carbocycles. The van der Waals surface area contributed by atoms with E-state index in [-0.39, 0.29) is 17.0 Å². The summed E-state index contributed by atoms with van der Waals surface area (Å²) in [6.45, 7) is -1.05. The molecule has 3 aliphatic rings. The topological polar surface area (TPSA) is 340 Å². The zero-order valence-corrected chi connectivity index (χ0v) is 21.9. The van der Waals surface area contributed by atoms with Crippen molar-refractivity contribution in [2.75, 3.05) is 12.3 Å². The number of phosphoric ester groups is 1. The van der Waals surface area contributed by atoms with Gasteiger partial charge in [0, 0.05) is 4.92 Å². The van der Waals surface area contributed by atoms with Crippen molar-refractivity contribution in [3.8, 4) is 0 Å². The molecule has 0 aromatic carbocycles. The van der Waals surface area contributed by atoms with E-state index in [1.807, 2.05) is 0 Å². The van der Waals surface area contributed by atoms with E-state index in [1.54, 1.807) is 0 Å². The molecule has 2 fully saturated rings. The van der Waals surface area contributed by atoms with Crippen LogP contribution in [0.2, 0.25) is 0 Å². The van der Waals surface area contributed by atoms with Gasteiger partial charge in [0.05, 0.1) is 34.9 Å². The van der Waals surface area contributed by atoms with Gasteiger partial charge >= 0.3 is 33.2 Å². The van der Waals surface area contributed by atoms with Crippen LogP contribution >= 0.6 is 15.6 Å². The lowest BCUT2D eigenvalue weighted by atomic mass is 9.96. The first-order chi connectivity index (χ1) is 19.5. The van der Waals surface area contributed by atoms with Gasteiger partial charge in [-0.25, -0.2) is 24.1 Å². The molecule has 7 atom stereocenters. The zero-order valence-electron chi connectivity index (χ0n) is 20.2. The van der Waals surface area contributed by atoms with Crippen molar-refractivity contribution >= 4 is 32.6 Å². The molecule has 0 radical (unpaired) electrons. The maximum absolute atomic E-state index is 12.1. The maximum atomic E-state index is 12.1. The van der Waals surface area contributed by atoms with Crippen molar-refractivity contribution in [2.24, 2.45) is 0 Å². The van der Waals surface area contributed by atoms with Crippen LogP contribution in [0, 0.1) is 30.3 Å². The first kappa shape index (κ1) is 29.7. The van der Waals surface area contributed by atoms with E-state index in [9.17, 15) is 44.4 Å². The SMILES string of the molecule is Nc1ncnc2c1ncn2[C@@H]1O[C@H](COP(=O)(O)OP(=O)(O)O)[C@H]2O[C@]3(O[C@H]21)C([N+](=O)[O-])=CC([N+](=O)[O-])=CC3[N+](=O)[O-]. The Balaban J connectivity index is 1.58. The minimum absolute atomic E-state index is 0.0186. The van der Waals surface area contributed by atoms with Crippen molar-refractivity contribution < 1.29 is 61.6 Å². The average Bonchev–Trinajstić information content (AvgIpc) is 3.54. The molecule has 0 bridgehead atoms. The Morgan fingerprint density at radius 2 is 1.76 bits per heavy atom. The van der Waals surface area contributed by atoms with Crippen LogP contribution in [0.5, 0.6) is 0 Å². The third-order valence-corrected chi connectivity index (χ3v) is 8.33. The molecular formula is C16H16N8O16P2. The van der Waals surface area contributed by atoms with E-state index in [4.69, 9.17) is 29.7 Å². The number of nitrogen functional groups attached to an aromatic ring is 1. The number of hydrogen-bond donors (Lipinski definition) is 4. The fraction of sp³-hybridized carbons (Fsp3) is 0.438. The summed E-state index contributed by atoms with van der Waals surface area (Å²) in [6, 6.07) is -2.35. The number of rotatable bonds is 9. The Morgan fingerprint density at radius 1 is 1.07 bits per heavy atom.